The van der Waals surface area contributed by atoms with Crippen molar-refractivity contribution in [1.29, 1.82) is 0 Å². The largest absolute Gasteiger partial charge is 0.410 e. The molecular formula is C6H5ClN2O3. The molecule has 0 aliphatic rings. The maximum absolute atomic E-state index is 10.2. The summed E-state index contributed by atoms with van der Waals surface area (Å²) < 4.78 is 0. The fraction of sp³-hybridized carbons (Fsp3) is 0. The number of nitro groups is 1. The number of nitrogens with zero attached hydrogens (tertiary/aromatic N) is 1. The zero-order valence-corrected chi connectivity index (χ0v) is 6.62. The van der Waals surface area contributed by atoms with Crippen molar-refractivity contribution in [3.8, 4) is 5.75 Å². The lowest BCUT2D eigenvalue weighted by atomic mass is 10.3. The fourth-order valence-electron chi connectivity index (χ4n) is 0.699. The van der Waals surface area contributed by atoms with Crippen LogP contribution in [-0.4, -0.2) is 4.92 Å². The van der Waals surface area contributed by atoms with Crippen LogP contribution in [0.2, 0.25) is 5.02 Å². The zero-order chi connectivity index (χ0) is 9.14. The molecule has 0 atom stereocenters. The quantitative estimate of drug-likeness (QED) is 0.564. The smallest absolute Gasteiger partial charge is 0.271 e. The lowest BCUT2D eigenvalue weighted by Gasteiger charge is -1.99. The number of hydrogen-bond donors (Lipinski definition) is 1. The van der Waals surface area contributed by atoms with Crippen LogP contribution in [0.1, 0.15) is 0 Å². The lowest BCUT2D eigenvalue weighted by Crippen LogP contribution is -2.02. The maximum atomic E-state index is 10.2. The number of rotatable bonds is 2. The first kappa shape index (κ1) is 8.76. The molecule has 1 aromatic carbocycles. The van der Waals surface area contributed by atoms with Crippen molar-refractivity contribution in [2.24, 2.45) is 5.90 Å². The van der Waals surface area contributed by atoms with Crippen molar-refractivity contribution in [2.75, 3.05) is 0 Å². The molecule has 0 amide bonds. The molecule has 5 nitrogen and oxygen atoms in total. The molecular weight excluding hydrogens is 184 g/mol. The Bertz CT molecular complexity index is 316. The molecule has 1 rings (SSSR count). The SMILES string of the molecule is NOc1ccc([N+](=O)[O-])cc1Cl. The van der Waals surface area contributed by atoms with E-state index in [9.17, 15) is 10.1 Å². The third-order valence-electron chi connectivity index (χ3n) is 1.25. The van der Waals surface area contributed by atoms with Crippen LogP contribution >= 0.6 is 11.6 Å². The van der Waals surface area contributed by atoms with Gasteiger partial charge >= 0.3 is 0 Å². The van der Waals surface area contributed by atoms with Crippen LogP contribution in [-0.2, 0) is 0 Å². The van der Waals surface area contributed by atoms with Crippen LogP contribution < -0.4 is 10.7 Å². The van der Waals surface area contributed by atoms with E-state index in [2.05, 4.69) is 4.84 Å². The van der Waals surface area contributed by atoms with E-state index in [1.807, 2.05) is 0 Å². The van der Waals surface area contributed by atoms with Gasteiger partial charge in [0.05, 0.1) is 9.95 Å². The van der Waals surface area contributed by atoms with Gasteiger partial charge in [-0.1, -0.05) is 11.6 Å². The molecule has 0 spiro atoms. The second-order valence-electron chi connectivity index (χ2n) is 1.99. The van der Waals surface area contributed by atoms with Gasteiger partial charge in [-0.25, -0.2) is 0 Å². The van der Waals surface area contributed by atoms with Crippen LogP contribution in [0.15, 0.2) is 18.2 Å². The predicted octanol–water partition coefficient (Wildman–Crippen LogP) is 1.50. The predicted molar refractivity (Wildman–Crippen MR) is 42.9 cm³/mol. The van der Waals surface area contributed by atoms with Gasteiger partial charge in [-0.2, -0.15) is 5.90 Å². The average molecular weight is 189 g/mol. The van der Waals surface area contributed by atoms with E-state index in [1.165, 1.54) is 18.2 Å². The van der Waals surface area contributed by atoms with E-state index in [0.717, 1.165) is 0 Å². The topological polar surface area (TPSA) is 78.4 Å². The maximum Gasteiger partial charge on any atom is 0.271 e. The minimum atomic E-state index is -0.549. The van der Waals surface area contributed by atoms with Crippen LogP contribution in [0.5, 0.6) is 5.75 Å². The van der Waals surface area contributed by atoms with E-state index < -0.39 is 4.92 Å². The molecule has 0 aromatic heterocycles. The summed E-state index contributed by atoms with van der Waals surface area (Å²) in [6.07, 6.45) is 0. The number of benzene rings is 1. The molecule has 0 fully saturated rings. The molecule has 0 radical (unpaired) electrons. The van der Waals surface area contributed by atoms with Crippen molar-refractivity contribution in [2.45, 2.75) is 0 Å². The van der Waals surface area contributed by atoms with E-state index in [4.69, 9.17) is 17.5 Å². The summed E-state index contributed by atoms with van der Waals surface area (Å²) in [5.41, 5.74) is -0.0965. The van der Waals surface area contributed by atoms with Gasteiger partial charge in [0.1, 0.15) is 0 Å². The minimum Gasteiger partial charge on any atom is -0.410 e. The highest BCUT2D eigenvalue weighted by atomic mass is 35.5. The summed E-state index contributed by atoms with van der Waals surface area (Å²) in [5, 5.41) is 10.3. The van der Waals surface area contributed by atoms with Crippen LogP contribution in [0.25, 0.3) is 0 Å². The van der Waals surface area contributed by atoms with Gasteiger partial charge in [-0.15, -0.1) is 0 Å². The van der Waals surface area contributed by atoms with E-state index >= 15 is 0 Å². The molecule has 0 heterocycles. The number of halogens is 1. The highest BCUT2D eigenvalue weighted by Gasteiger charge is 2.09. The van der Waals surface area contributed by atoms with E-state index in [0.29, 0.717) is 0 Å². The van der Waals surface area contributed by atoms with Gasteiger partial charge in [0.2, 0.25) is 0 Å². The molecule has 64 valence electrons. The molecule has 12 heavy (non-hydrogen) atoms. The summed E-state index contributed by atoms with van der Waals surface area (Å²) in [4.78, 5) is 14.0. The normalized spacial score (nSPS) is 9.50. The summed E-state index contributed by atoms with van der Waals surface area (Å²) >= 11 is 5.56. The van der Waals surface area contributed by atoms with Gasteiger partial charge in [0.25, 0.3) is 5.69 Å². The van der Waals surface area contributed by atoms with Crippen LogP contribution in [0.3, 0.4) is 0 Å². The first-order valence-corrected chi connectivity index (χ1v) is 3.33. The summed E-state index contributed by atoms with van der Waals surface area (Å²) in [7, 11) is 0. The second-order valence-corrected chi connectivity index (χ2v) is 2.40. The summed E-state index contributed by atoms with van der Waals surface area (Å²) in [5.74, 6) is 5.03. The van der Waals surface area contributed by atoms with Crippen molar-refractivity contribution >= 4 is 17.3 Å². The molecule has 0 saturated carbocycles. The molecule has 0 aliphatic heterocycles. The standard InChI is InChI=1S/C6H5ClN2O3/c7-5-3-4(9(10)11)1-2-6(5)12-8/h1-3H,8H2. The van der Waals surface area contributed by atoms with E-state index in [1.54, 1.807) is 0 Å². The number of hydrogen-bond acceptors (Lipinski definition) is 4. The van der Waals surface area contributed by atoms with E-state index in [-0.39, 0.29) is 16.5 Å². The second kappa shape index (κ2) is 3.38. The minimum absolute atomic E-state index is 0.0965. The van der Waals surface area contributed by atoms with Gasteiger partial charge < -0.3 is 4.84 Å². The number of nitrogens with two attached hydrogens (primary N) is 1. The van der Waals surface area contributed by atoms with Crippen LogP contribution in [0.4, 0.5) is 5.69 Å². The Morgan fingerprint density at radius 2 is 2.25 bits per heavy atom. The van der Waals surface area contributed by atoms with Gasteiger partial charge in [0, 0.05) is 12.1 Å². The average Bonchev–Trinajstić information content (AvgIpc) is 2.04. The third-order valence-corrected chi connectivity index (χ3v) is 1.55. The van der Waals surface area contributed by atoms with Gasteiger partial charge in [0.15, 0.2) is 5.75 Å². The highest BCUT2D eigenvalue weighted by molar-refractivity contribution is 6.32. The molecule has 0 saturated heterocycles. The molecule has 0 aliphatic carbocycles. The monoisotopic (exact) mass is 188 g/mol. The Kier molecular flexibility index (Phi) is 2.47. The van der Waals surface area contributed by atoms with Gasteiger partial charge in [-0.05, 0) is 6.07 Å². The van der Waals surface area contributed by atoms with Crippen LogP contribution in [0, 0.1) is 10.1 Å². The van der Waals surface area contributed by atoms with Crippen molar-refractivity contribution in [3.63, 3.8) is 0 Å². The van der Waals surface area contributed by atoms with Gasteiger partial charge in [-0.3, -0.25) is 10.1 Å². The Hall–Kier alpha value is -1.33. The number of nitro benzene ring substituents is 1. The highest BCUT2D eigenvalue weighted by Crippen LogP contribution is 2.27. The molecule has 0 bridgehead atoms. The molecule has 2 N–H and O–H groups in total. The Morgan fingerprint density at radius 3 is 2.67 bits per heavy atom. The first-order valence-electron chi connectivity index (χ1n) is 2.96. The zero-order valence-electron chi connectivity index (χ0n) is 5.86. The Morgan fingerprint density at radius 1 is 1.58 bits per heavy atom. The lowest BCUT2D eigenvalue weighted by molar-refractivity contribution is -0.384. The van der Waals surface area contributed by atoms with Crippen molar-refractivity contribution in [3.05, 3.63) is 33.3 Å². The Balaban J connectivity index is 3.10. The van der Waals surface area contributed by atoms with Crippen molar-refractivity contribution in [1.82, 2.24) is 0 Å². The Labute approximate surface area is 72.8 Å². The summed E-state index contributed by atoms with van der Waals surface area (Å²) in [6.45, 7) is 0. The molecule has 6 heteroatoms. The molecule has 0 unspecified atom stereocenters. The summed E-state index contributed by atoms with van der Waals surface area (Å²) in [6, 6.07) is 3.76. The number of non-ortho nitro benzene ring substituents is 1. The van der Waals surface area contributed by atoms with Crippen molar-refractivity contribution < 1.29 is 9.76 Å². The fourth-order valence-corrected chi connectivity index (χ4v) is 0.918. The third kappa shape index (κ3) is 1.63. The molecule has 1 aromatic rings. The first-order chi connectivity index (χ1) is 5.65.